The Kier molecular flexibility index (Phi) is 3.45. The highest BCUT2D eigenvalue weighted by molar-refractivity contribution is 8.14. The third-order valence-electron chi connectivity index (χ3n) is 1.78. The molecular formula is C7H6Cl2O5S2. The van der Waals surface area contributed by atoms with Gasteiger partial charge in [0, 0.05) is 21.4 Å². The van der Waals surface area contributed by atoms with Crippen LogP contribution in [0.2, 0.25) is 0 Å². The highest BCUT2D eigenvalue weighted by Crippen LogP contribution is 2.32. The van der Waals surface area contributed by atoms with Gasteiger partial charge in [-0.05, 0) is 24.6 Å². The number of phenolic OH excluding ortho intramolecular Hbond substituents is 1. The summed E-state index contributed by atoms with van der Waals surface area (Å²) >= 11 is 0. The van der Waals surface area contributed by atoms with Gasteiger partial charge in [0.25, 0.3) is 18.1 Å². The molecule has 90 valence electrons. The van der Waals surface area contributed by atoms with Gasteiger partial charge in [-0.3, -0.25) is 0 Å². The molecule has 0 unspecified atom stereocenters. The molecule has 1 N–H and O–H groups in total. The second-order valence-electron chi connectivity index (χ2n) is 2.96. The Balaban J connectivity index is 3.72. The zero-order valence-electron chi connectivity index (χ0n) is 7.81. The highest BCUT2D eigenvalue weighted by atomic mass is 35.7. The van der Waals surface area contributed by atoms with Gasteiger partial charge in [0.2, 0.25) is 0 Å². The van der Waals surface area contributed by atoms with Gasteiger partial charge >= 0.3 is 0 Å². The lowest BCUT2D eigenvalue weighted by molar-refractivity contribution is 0.454. The minimum atomic E-state index is -4.24. The fraction of sp³-hybridized carbons (Fsp3) is 0.143. The fourth-order valence-corrected chi connectivity index (χ4v) is 2.97. The summed E-state index contributed by atoms with van der Waals surface area (Å²) in [6, 6.07) is 1.75. The van der Waals surface area contributed by atoms with E-state index in [1.54, 1.807) is 0 Å². The van der Waals surface area contributed by atoms with Crippen LogP contribution in [0.5, 0.6) is 5.75 Å². The van der Waals surface area contributed by atoms with Crippen LogP contribution < -0.4 is 0 Å². The summed E-state index contributed by atoms with van der Waals surface area (Å²) in [7, 11) is 1.76. The summed E-state index contributed by atoms with van der Waals surface area (Å²) in [5.41, 5.74) is 0.0425. The van der Waals surface area contributed by atoms with E-state index in [-0.39, 0.29) is 5.56 Å². The minimum Gasteiger partial charge on any atom is -0.506 e. The molecule has 0 aliphatic heterocycles. The molecule has 0 saturated carbocycles. The first-order valence-electron chi connectivity index (χ1n) is 3.76. The molecular weight excluding hydrogens is 299 g/mol. The molecule has 1 rings (SSSR count). The van der Waals surface area contributed by atoms with Crippen molar-refractivity contribution in [3.8, 4) is 5.75 Å². The summed E-state index contributed by atoms with van der Waals surface area (Å²) in [6.45, 7) is 1.33. The van der Waals surface area contributed by atoms with Crippen LogP contribution in [0.25, 0.3) is 0 Å². The maximum absolute atomic E-state index is 11.1. The lowest BCUT2D eigenvalue weighted by Crippen LogP contribution is -1.98. The van der Waals surface area contributed by atoms with E-state index in [1.165, 1.54) is 6.92 Å². The number of halogens is 2. The van der Waals surface area contributed by atoms with Crippen molar-refractivity contribution in [1.82, 2.24) is 0 Å². The minimum absolute atomic E-state index is 0.0425. The van der Waals surface area contributed by atoms with E-state index in [1.807, 2.05) is 0 Å². The van der Waals surface area contributed by atoms with Gasteiger partial charge in [-0.1, -0.05) is 0 Å². The van der Waals surface area contributed by atoms with Crippen molar-refractivity contribution in [1.29, 1.82) is 0 Å². The Bertz CT molecular complexity index is 633. The second kappa shape index (κ2) is 4.06. The van der Waals surface area contributed by atoms with Crippen molar-refractivity contribution in [2.45, 2.75) is 16.7 Å². The molecule has 9 heteroatoms. The Morgan fingerprint density at radius 3 is 1.94 bits per heavy atom. The van der Waals surface area contributed by atoms with Gasteiger partial charge in [0.05, 0.1) is 4.90 Å². The number of hydrogen-bond acceptors (Lipinski definition) is 5. The van der Waals surface area contributed by atoms with E-state index >= 15 is 0 Å². The summed E-state index contributed by atoms with van der Waals surface area (Å²) in [4.78, 5) is -1.13. The molecule has 0 bridgehead atoms. The summed E-state index contributed by atoms with van der Waals surface area (Å²) in [5.74, 6) is -0.598. The first-order chi connectivity index (χ1) is 7.03. The summed E-state index contributed by atoms with van der Waals surface area (Å²) < 4.78 is 44.1. The van der Waals surface area contributed by atoms with Gasteiger partial charge < -0.3 is 5.11 Å². The van der Waals surface area contributed by atoms with E-state index in [9.17, 15) is 21.9 Å². The Morgan fingerprint density at radius 2 is 1.56 bits per heavy atom. The highest BCUT2D eigenvalue weighted by Gasteiger charge is 2.22. The van der Waals surface area contributed by atoms with Gasteiger partial charge in [-0.2, -0.15) is 0 Å². The quantitative estimate of drug-likeness (QED) is 0.838. The number of phenols is 1. The summed E-state index contributed by atoms with van der Waals surface area (Å²) in [5, 5.41) is 9.42. The molecule has 1 aromatic rings. The zero-order valence-corrected chi connectivity index (χ0v) is 11.0. The van der Waals surface area contributed by atoms with Gasteiger partial charge in [0.1, 0.15) is 10.6 Å². The van der Waals surface area contributed by atoms with Crippen LogP contribution in [0, 0.1) is 6.92 Å². The van der Waals surface area contributed by atoms with Gasteiger partial charge in [0.15, 0.2) is 0 Å². The fourth-order valence-electron chi connectivity index (χ4n) is 1.04. The topological polar surface area (TPSA) is 88.5 Å². The Hall–Kier alpha value is -0.500. The molecule has 0 fully saturated rings. The van der Waals surface area contributed by atoms with Crippen LogP contribution in [0.15, 0.2) is 21.9 Å². The molecule has 1 aromatic carbocycles. The van der Waals surface area contributed by atoms with E-state index < -0.39 is 33.6 Å². The summed E-state index contributed by atoms with van der Waals surface area (Å²) in [6.07, 6.45) is 0. The predicted octanol–water partition coefficient (Wildman–Crippen LogP) is 1.56. The molecule has 0 saturated heterocycles. The third-order valence-corrected chi connectivity index (χ3v) is 4.45. The molecule has 0 aliphatic carbocycles. The van der Waals surface area contributed by atoms with Crippen LogP contribution in [-0.4, -0.2) is 21.9 Å². The van der Waals surface area contributed by atoms with Crippen LogP contribution in [0.1, 0.15) is 5.56 Å². The van der Waals surface area contributed by atoms with Crippen molar-refractivity contribution in [3.63, 3.8) is 0 Å². The molecule has 0 atom stereocenters. The maximum atomic E-state index is 11.1. The van der Waals surface area contributed by atoms with Gasteiger partial charge in [-0.15, -0.1) is 0 Å². The zero-order chi connectivity index (χ0) is 12.7. The molecule has 5 nitrogen and oxygen atoms in total. The van der Waals surface area contributed by atoms with Crippen molar-refractivity contribution in [2.24, 2.45) is 0 Å². The molecule has 0 heterocycles. The van der Waals surface area contributed by atoms with E-state index in [2.05, 4.69) is 0 Å². The smallest absolute Gasteiger partial charge is 0.265 e. The standard InChI is InChI=1S/C7H6Cl2O5S2/c1-4-2-5(15(8,11)12)3-6(7(4)10)16(9,13)14/h2-3,10H,1H3. The lowest BCUT2D eigenvalue weighted by atomic mass is 10.2. The average molecular weight is 305 g/mol. The lowest BCUT2D eigenvalue weighted by Gasteiger charge is -2.06. The Morgan fingerprint density at radius 1 is 1.06 bits per heavy atom. The van der Waals surface area contributed by atoms with Crippen molar-refractivity contribution in [2.75, 3.05) is 0 Å². The number of benzene rings is 1. The first-order valence-corrected chi connectivity index (χ1v) is 8.38. The normalized spacial score (nSPS) is 12.7. The third kappa shape index (κ3) is 2.79. The second-order valence-corrected chi connectivity index (χ2v) is 8.06. The van der Waals surface area contributed by atoms with Crippen LogP contribution in [0.3, 0.4) is 0 Å². The number of hydrogen-bond donors (Lipinski definition) is 1. The number of rotatable bonds is 2. The molecule has 16 heavy (non-hydrogen) atoms. The molecule has 0 amide bonds. The monoisotopic (exact) mass is 304 g/mol. The van der Waals surface area contributed by atoms with Crippen molar-refractivity contribution < 1.29 is 21.9 Å². The number of aromatic hydroxyl groups is 1. The van der Waals surface area contributed by atoms with E-state index in [0.717, 1.165) is 6.07 Å². The molecule has 0 aliphatic rings. The van der Waals surface area contributed by atoms with Crippen LogP contribution in [0.4, 0.5) is 0 Å². The van der Waals surface area contributed by atoms with Crippen molar-refractivity contribution in [3.05, 3.63) is 17.7 Å². The maximum Gasteiger partial charge on any atom is 0.265 e. The SMILES string of the molecule is Cc1cc(S(=O)(=O)Cl)cc(S(=O)(=O)Cl)c1O. The van der Waals surface area contributed by atoms with Crippen LogP contribution in [-0.2, 0) is 18.1 Å². The average Bonchev–Trinajstić information content (AvgIpc) is 2.05. The van der Waals surface area contributed by atoms with Crippen LogP contribution >= 0.6 is 21.4 Å². The largest absolute Gasteiger partial charge is 0.506 e. The van der Waals surface area contributed by atoms with E-state index in [4.69, 9.17) is 21.4 Å². The molecule has 0 aromatic heterocycles. The first kappa shape index (κ1) is 13.6. The number of aryl methyl sites for hydroxylation is 1. The van der Waals surface area contributed by atoms with Gasteiger partial charge in [-0.25, -0.2) is 16.8 Å². The van der Waals surface area contributed by atoms with Crippen molar-refractivity contribution >= 4 is 39.5 Å². The molecule has 0 spiro atoms. The molecule has 0 radical (unpaired) electrons. The van der Waals surface area contributed by atoms with E-state index in [0.29, 0.717) is 6.07 Å². The Labute approximate surface area is 101 Å². The predicted molar refractivity (Wildman–Crippen MR) is 58.9 cm³/mol.